The van der Waals surface area contributed by atoms with E-state index in [0.717, 1.165) is 4.31 Å². The number of carbonyl (C=O) groups excluding carboxylic acids is 2. The fourth-order valence-corrected chi connectivity index (χ4v) is 4.81. The largest absolute Gasteiger partial charge is 0.369 e. The van der Waals surface area contributed by atoms with E-state index in [1.165, 1.54) is 24.3 Å². The number of hydrogen-bond donors (Lipinski definition) is 2. The first-order valence-electron chi connectivity index (χ1n) is 9.81. The van der Waals surface area contributed by atoms with Crippen molar-refractivity contribution < 1.29 is 18.0 Å². The average molecular weight is 506 g/mol. The summed E-state index contributed by atoms with van der Waals surface area (Å²) in [5.74, 6) is -0.993. The number of benzene rings is 3. The van der Waals surface area contributed by atoms with E-state index in [1.807, 2.05) is 0 Å². The summed E-state index contributed by atoms with van der Waals surface area (Å²) >= 11 is 11.9. The minimum Gasteiger partial charge on any atom is -0.369 e. The van der Waals surface area contributed by atoms with Crippen molar-refractivity contribution in [1.29, 1.82) is 0 Å². The van der Waals surface area contributed by atoms with Crippen molar-refractivity contribution in [2.45, 2.75) is 17.9 Å². The number of halogens is 2. The SMILES string of the molecule is NC(=O)Cc1ccc(NC(=O)CN(Cc2cccc(Cl)c2)S(=O)(=O)c2ccc(Cl)cc2)cc1. The number of hydrogen-bond acceptors (Lipinski definition) is 4. The van der Waals surface area contributed by atoms with Gasteiger partial charge in [-0.2, -0.15) is 4.31 Å². The van der Waals surface area contributed by atoms with Crippen LogP contribution in [0.3, 0.4) is 0 Å². The number of amides is 2. The van der Waals surface area contributed by atoms with Crippen molar-refractivity contribution in [2.75, 3.05) is 11.9 Å². The van der Waals surface area contributed by atoms with E-state index in [-0.39, 0.29) is 17.9 Å². The van der Waals surface area contributed by atoms with Crippen molar-refractivity contribution in [3.8, 4) is 0 Å². The molecule has 0 spiro atoms. The Bertz CT molecular complexity index is 1250. The molecule has 172 valence electrons. The molecule has 0 unspecified atom stereocenters. The second-order valence-corrected chi connectivity index (χ2v) is 10.1. The van der Waals surface area contributed by atoms with E-state index >= 15 is 0 Å². The van der Waals surface area contributed by atoms with Gasteiger partial charge < -0.3 is 11.1 Å². The molecule has 33 heavy (non-hydrogen) atoms. The summed E-state index contributed by atoms with van der Waals surface area (Å²) in [5, 5.41) is 3.53. The highest BCUT2D eigenvalue weighted by Crippen LogP contribution is 2.22. The predicted octanol–water partition coefficient (Wildman–Crippen LogP) is 3.85. The van der Waals surface area contributed by atoms with Gasteiger partial charge in [0.2, 0.25) is 21.8 Å². The molecule has 0 saturated carbocycles. The molecule has 0 radical (unpaired) electrons. The molecule has 2 amide bonds. The summed E-state index contributed by atoms with van der Waals surface area (Å²) in [7, 11) is -4.02. The lowest BCUT2D eigenvalue weighted by molar-refractivity contribution is -0.117. The molecule has 3 N–H and O–H groups in total. The lowest BCUT2D eigenvalue weighted by Crippen LogP contribution is -2.37. The van der Waals surface area contributed by atoms with Crippen LogP contribution in [0.25, 0.3) is 0 Å². The Labute approximate surface area is 202 Å². The topological polar surface area (TPSA) is 110 Å². The average Bonchev–Trinajstić information content (AvgIpc) is 2.74. The second-order valence-electron chi connectivity index (χ2n) is 7.25. The standard InChI is InChI=1S/C23H21Cl2N3O4S/c24-18-6-10-21(11-7-18)33(31,32)28(14-17-2-1-3-19(25)12-17)15-23(30)27-20-8-4-16(5-9-20)13-22(26)29/h1-12H,13-15H2,(H2,26,29)(H,27,30). The molecule has 3 aromatic carbocycles. The molecule has 0 aliphatic carbocycles. The molecule has 0 aliphatic heterocycles. The Morgan fingerprint density at radius 1 is 0.879 bits per heavy atom. The number of nitrogens with two attached hydrogens (primary N) is 1. The van der Waals surface area contributed by atoms with Crippen molar-refractivity contribution in [3.05, 3.63) is 94.0 Å². The maximum atomic E-state index is 13.3. The lowest BCUT2D eigenvalue weighted by atomic mass is 10.1. The van der Waals surface area contributed by atoms with Crippen LogP contribution in [0.4, 0.5) is 5.69 Å². The molecule has 7 nitrogen and oxygen atoms in total. The van der Waals surface area contributed by atoms with Gasteiger partial charge in [-0.3, -0.25) is 9.59 Å². The van der Waals surface area contributed by atoms with Gasteiger partial charge in [-0.05, 0) is 59.7 Å². The van der Waals surface area contributed by atoms with E-state index in [0.29, 0.717) is 26.9 Å². The van der Waals surface area contributed by atoms with Gasteiger partial charge in [0.25, 0.3) is 0 Å². The number of sulfonamides is 1. The Morgan fingerprint density at radius 2 is 1.55 bits per heavy atom. The molecule has 0 aromatic heterocycles. The van der Waals surface area contributed by atoms with Gasteiger partial charge in [-0.25, -0.2) is 8.42 Å². The van der Waals surface area contributed by atoms with Crippen LogP contribution in [0.15, 0.2) is 77.7 Å². The highest BCUT2D eigenvalue weighted by Gasteiger charge is 2.27. The third-order valence-electron chi connectivity index (χ3n) is 4.64. The molecule has 0 fully saturated rings. The maximum absolute atomic E-state index is 13.3. The molecule has 0 aliphatic rings. The van der Waals surface area contributed by atoms with Crippen LogP contribution in [-0.2, 0) is 32.6 Å². The summed E-state index contributed by atoms with van der Waals surface area (Å²) in [6.45, 7) is -0.489. The quantitative estimate of drug-likeness (QED) is 0.460. The molecule has 0 bridgehead atoms. The van der Waals surface area contributed by atoms with Crippen LogP contribution in [0.5, 0.6) is 0 Å². The first kappa shape index (κ1) is 24.7. The molecular weight excluding hydrogens is 485 g/mol. The molecular formula is C23H21Cl2N3O4S. The van der Waals surface area contributed by atoms with Gasteiger partial charge in [-0.15, -0.1) is 0 Å². The Kier molecular flexibility index (Phi) is 8.10. The molecule has 3 aromatic rings. The number of anilines is 1. The highest BCUT2D eigenvalue weighted by molar-refractivity contribution is 7.89. The van der Waals surface area contributed by atoms with Crippen molar-refractivity contribution in [2.24, 2.45) is 5.73 Å². The van der Waals surface area contributed by atoms with Gasteiger partial charge in [0.05, 0.1) is 17.9 Å². The van der Waals surface area contributed by atoms with Gasteiger partial charge in [0.15, 0.2) is 0 Å². The van der Waals surface area contributed by atoms with Crippen LogP contribution < -0.4 is 11.1 Å². The number of nitrogens with zero attached hydrogens (tertiary/aromatic N) is 1. The summed E-state index contributed by atoms with van der Waals surface area (Å²) in [5.41, 5.74) is 6.97. The first-order valence-corrected chi connectivity index (χ1v) is 12.0. The van der Waals surface area contributed by atoms with Crippen molar-refractivity contribution >= 4 is 50.7 Å². The molecule has 0 saturated heterocycles. The van der Waals surface area contributed by atoms with E-state index in [4.69, 9.17) is 28.9 Å². The van der Waals surface area contributed by atoms with Gasteiger partial charge in [0, 0.05) is 22.3 Å². The van der Waals surface area contributed by atoms with Gasteiger partial charge >= 0.3 is 0 Å². The van der Waals surface area contributed by atoms with Crippen molar-refractivity contribution in [3.63, 3.8) is 0 Å². The number of carbonyl (C=O) groups is 2. The first-order chi connectivity index (χ1) is 15.6. The zero-order valence-corrected chi connectivity index (χ0v) is 19.7. The minimum atomic E-state index is -4.02. The van der Waals surface area contributed by atoms with Gasteiger partial charge in [-0.1, -0.05) is 47.5 Å². The number of nitrogens with one attached hydrogen (secondary N) is 1. The molecule has 10 heteroatoms. The Morgan fingerprint density at radius 3 is 2.15 bits per heavy atom. The summed E-state index contributed by atoms with van der Waals surface area (Å²) < 4.78 is 27.7. The van der Waals surface area contributed by atoms with Crippen LogP contribution in [-0.4, -0.2) is 31.1 Å². The van der Waals surface area contributed by atoms with E-state index in [9.17, 15) is 18.0 Å². The molecule has 3 rings (SSSR count). The lowest BCUT2D eigenvalue weighted by Gasteiger charge is -2.22. The van der Waals surface area contributed by atoms with Crippen molar-refractivity contribution in [1.82, 2.24) is 4.31 Å². The van der Waals surface area contributed by atoms with Crippen LogP contribution in [0.2, 0.25) is 10.0 Å². The summed E-state index contributed by atoms with van der Waals surface area (Å²) in [6.07, 6.45) is 0.0843. The Hall–Kier alpha value is -2.91. The summed E-state index contributed by atoms with van der Waals surface area (Å²) in [6, 6.07) is 19.0. The van der Waals surface area contributed by atoms with E-state index in [2.05, 4.69) is 5.32 Å². The van der Waals surface area contributed by atoms with E-state index < -0.39 is 28.4 Å². The smallest absolute Gasteiger partial charge is 0.243 e. The third kappa shape index (κ3) is 7.03. The second kappa shape index (κ2) is 10.8. The number of primary amides is 1. The zero-order valence-electron chi connectivity index (χ0n) is 17.4. The highest BCUT2D eigenvalue weighted by atomic mass is 35.5. The van der Waals surface area contributed by atoms with Crippen LogP contribution >= 0.6 is 23.2 Å². The van der Waals surface area contributed by atoms with Crippen LogP contribution in [0, 0.1) is 0 Å². The monoisotopic (exact) mass is 505 g/mol. The number of rotatable bonds is 9. The maximum Gasteiger partial charge on any atom is 0.243 e. The molecule has 0 atom stereocenters. The fraction of sp³-hybridized carbons (Fsp3) is 0.130. The van der Waals surface area contributed by atoms with Crippen LogP contribution in [0.1, 0.15) is 11.1 Å². The minimum absolute atomic E-state index is 0.0116. The summed E-state index contributed by atoms with van der Waals surface area (Å²) in [4.78, 5) is 23.8. The predicted molar refractivity (Wildman–Crippen MR) is 128 cm³/mol. The normalized spacial score (nSPS) is 11.4. The third-order valence-corrected chi connectivity index (χ3v) is 6.93. The fourth-order valence-electron chi connectivity index (χ4n) is 3.09. The Balaban J connectivity index is 1.82. The van der Waals surface area contributed by atoms with E-state index in [1.54, 1.807) is 48.5 Å². The zero-order chi connectivity index (χ0) is 24.0. The molecule has 0 heterocycles. The van der Waals surface area contributed by atoms with Gasteiger partial charge in [0.1, 0.15) is 0 Å².